The van der Waals surface area contributed by atoms with Crippen LogP contribution in [-0.4, -0.2) is 80.6 Å². The van der Waals surface area contributed by atoms with Gasteiger partial charge in [0.25, 0.3) is 5.95 Å². The average Bonchev–Trinajstić information content (AvgIpc) is 3.61. The number of aromatic amines is 1. The van der Waals surface area contributed by atoms with Gasteiger partial charge in [-0.2, -0.15) is 9.98 Å². The number of amides is 1. The van der Waals surface area contributed by atoms with Gasteiger partial charge in [-0.15, -0.1) is 0 Å². The normalized spacial score (nSPS) is 16.1. The molecular formula is C29H34N10O2S. The zero-order valence-corrected chi connectivity index (χ0v) is 24.8. The van der Waals surface area contributed by atoms with Crippen molar-refractivity contribution < 1.29 is 9.53 Å². The van der Waals surface area contributed by atoms with Crippen LogP contribution in [0, 0.1) is 6.92 Å². The van der Waals surface area contributed by atoms with Crippen molar-refractivity contribution in [3.63, 3.8) is 0 Å². The van der Waals surface area contributed by atoms with E-state index in [0.717, 1.165) is 46.4 Å². The first-order valence-electron chi connectivity index (χ1n) is 13.5. The molecule has 12 nitrogen and oxygen atoms in total. The summed E-state index contributed by atoms with van der Waals surface area (Å²) in [7, 11) is 1.81. The van der Waals surface area contributed by atoms with Gasteiger partial charge in [-0.1, -0.05) is 23.9 Å². The van der Waals surface area contributed by atoms with E-state index in [9.17, 15) is 4.79 Å². The highest BCUT2D eigenvalue weighted by atomic mass is 32.2. The SMILES string of the molecule is CN/C(C)=C\C(N)=N/c1ncc(C)c(-c2c[nH]c3c(NC(=O)CN4CC[C@H](Oc5ccnc(SC)n5)C4)cccc23)n1. The van der Waals surface area contributed by atoms with Gasteiger partial charge in [0.05, 0.1) is 23.4 Å². The average molecular weight is 587 g/mol. The van der Waals surface area contributed by atoms with E-state index in [-0.39, 0.29) is 24.5 Å². The number of aliphatic imine (C=N–C) groups is 1. The second-order valence-electron chi connectivity index (χ2n) is 9.94. The van der Waals surface area contributed by atoms with Crippen molar-refractivity contribution in [1.82, 2.24) is 35.1 Å². The molecule has 0 unspecified atom stereocenters. The molecule has 1 aliphatic rings. The van der Waals surface area contributed by atoms with Crippen LogP contribution in [0.4, 0.5) is 11.6 Å². The number of anilines is 1. The second-order valence-corrected chi connectivity index (χ2v) is 10.7. The van der Waals surface area contributed by atoms with Gasteiger partial charge in [0.15, 0.2) is 5.16 Å². The van der Waals surface area contributed by atoms with Crippen LogP contribution in [0.5, 0.6) is 5.88 Å². The number of aryl methyl sites for hydroxylation is 1. The van der Waals surface area contributed by atoms with Gasteiger partial charge in [-0.3, -0.25) is 9.69 Å². The Morgan fingerprint density at radius 1 is 1.31 bits per heavy atom. The molecular weight excluding hydrogens is 552 g/mol. The third-order valence-electron chi connectivity index (χ3n) is 6.87. The Labute approximate surface area is 248 Å². The summed E-state index contributed by atoms with van der Waals surface area (Å²) in [6.07, 6.45) is 9.75. The molecule has 5 rings (SSSR count). The van der Waals surface area contributed by atoms with Gasteiger partial charge in [0.2, 0.25) is 11.8 Å². The number of fused-ring (bicyclic) bond motifs is 1. The number of amidine groups is 1. The number of carbonyl (C=O) groups is 1. The number of hydrogen-bond acceptors (Lipinski definition) is 10. The van der Waals surface area contributed by atoms with Crippen molar-refractivity contribution >= 4 is 46.0 Å². The molecule has 0 radical (unpaired) electrons. The number of hydrogen-bond donors (Lipinski definition) is 4. The molecule has 1 fully saturated rings. The maximum atomic E-state index is 13.0. The van der Waals surface area contributed by atoms with Gasteiger partial charge in [0, 0.05) is 61.4 Å². The second kappa shape index (κ2) is 13.0. The van der Waals surface area contributed by atoms with Crippen molar-refractivity contribution in [2.75, 3.05) is 38.3 Å². The highest BCUT2D eigenvalue weighted by molar-refractivity contribution is 7.98. The molecule has 4 heterocycles. The van der Waals surface area contributed by atoms with Crippen LogP contribution in [-0.2, 0) is 4.79 Å². The molecule has 1 aromatic carbocycles. The fraction of sp³-hybridized carbons (Fsp3) is 0.310. The number of nitrogens with one attached hydrogen (secondary N) is 3. The molecule has 0 aliphatic carbocycles. The predicted molar refractivity (Wildman–Crippen MR) is 166 cm³/mol. The fourth-order valence-corrected chi connectivity index (χ4v) is 5.09. The van der Waals surface area contributed by atoms with Crippen LogP contribution >= 0.6 is 11.8 Å². The highest BCUT2D eigenvalue weighted by Crippen LogP contribution is 2.33. The Morgan fingerprint density at radius 2 is 2.17 bits per heavy atom. The lowest BCUT2D eigenvalue weighted by atomic mass is 10.1. The molecule has 4 aromatic rings. The third kappa shape index (κ3) is 6.86. The maximum absolute atomic E-state index is 13.0. The van der Waals surface area contributed by atoms with Gasteiger partial charge >= 0.3 is 0 Å². The number of thioether (sulfide) groups is 1. The first kappa shape index (κ1) is 29.0. The van der Waals surface area contributed by atoms with Crippen molar-refractivity contribution in [2.24, 2.45) is 10.7 Å². The zero-order chi connectivity index (χ0) is 29.6. The quantitative estimate of drug-likeness (QED) is 0.0935. The van der Waals surface area contributed by atoms with Gasteiger partial charge in [-0.05, 0) is 44.2 Å². The first-order chi connectivity index (χ1) is 20.3. The van der Waals surface area contributed by atoms with Crippen LogP contribution in [0.15, 0.2) is 64.8 Å². The van der Waals surface area contributed by atoms with E-state index in [1.165, 1.54) is 11.8 Å². The number of carbonyl (C=O) groups excluding carboxylic acids is 1. The van der Waals surface area contributed by atoms with E-state index in [0.29, 0.717) is 29.1 Å². The number of allylic oxidation sites excluding steroid dienone is 1. The topological polar surface area (TPSA) is 159 Å². The lowest BCUT2D eigenvalue weighted by Gasteiger charge is -2.16. The largest absolute Gasteiger partial charge is 0.473 e. The number of para-hydroxylation sites is 1. The first-order valence-corrected chi connectivity index (χ1v) is 14.8. The van der Waals surface area contributed by atoms with Crippen LogP contribution in [0.1, 0.15) is 18.9 Å². The Morgan fingerprint density at radius 3 is 2.98 bits per heavy atom. The summed E-state index contributed by atoms with van der Waals surface area (Å²) in [5.41, 5.74) is 10.9. The van der Waals surface area contributed by atoms with E-state index in [1.807, 2.05) is 51.5 Å². The molecule has 42 heavy (non-hydrogen) atoms. The standard InChI is InChI=1S/C29H34N10O2S/c1-17-13-34-28(36-23(30)12-18(2)31-3)38-26(17)21-14-33-27-20(21)6-5-7-22(27)35-24(40)16-39-11-9-19(15-39)41-25-8-10-32-29(37-25)42-4/h5-8,10,12-14,19,31,33H,9,11,15-16H2,1-4H3,(H,35,40)(H2,30,34,36,38)/b18-12-/t19-/m0/s1. The van der Waals surface area contributed by atoms with Crippen molar-refractivity contribution in [3.8, 4) is 17.1 Å². The molecule has 1 atom stereocenters. The van der Waals surface area contributed by atoms with Crippen molar-refractivity contribution in [2.45, 2.75) is 31.5 Å². The van der Waals surface area contributed by atoms with Crippen LogP contribution in [0.25, 0.3) is 22.2 Å². The molecule has 3 aromatic heterocycles. The predicted octanol–water partition coefficient (Wildman–Crippen LogP) is 3.65. The number of ether oxygens (including phenoxy) is 1. The molecule has 1 aliphatic heterocycles. The van der Waals surface area contributed by atoms with Gasteiger partial charge < -0.3 is 26.1 Å². The number of rotatable bonds is 10. The number of benzene rings is 1. The van der Waals surface area contributed by atoms with Crippen LogP contribution in [0.3, 0.4) is 0 Å². The van der Waals surface area contributed by atoms with Crippen LogP contribution < -0.4 is 21.1 Å². The number of nitrogens with zero attached hydrogens (tertiary/aromatic N) is 6. The maximum Gasteiger partial charge on any atom is 0.251 e. The summed E-state index contributed by atoms with van der Waals surface area (Å²) >= 11 is 1.47. The number of likely N-dealkylation sites (tertiary alicyclic amines) is 1. The van der Waals surface area contributed by atoms with E-state index in [2.05, 4.69) is 45.4 Å². The number of nitrogens with two attached hydrogens (primary N) is 1. The van der Waals surface area contributed by atoms with E-state index in [4.69, 9.17) is 10.5 Å². The monoisotopic (exact) mass is 586 g/mol. The minimum atomic E-state index is -0.0961. The smallest absolute Gasteiger partial charge is 0.251 e. The summed E-state index contributed by atoms with van der Waals surface area (Å²) in [4.78, 5) is 40.4. The lowest BCUT2D eigenvalue weighted by molar-refractivity contribution is -0.117. The van der Waals surface area contributed by atoms with Gasteiger partial charge in [0.1, 0.15) is 11.9 Å². The van der Waals surface area contributed by atoms with Crippen molar-refractivity contribution in [3.05, 3.63) is 60.2 Å². The van der Waals surface area contributed by atoms with E-state index >= 15 is 0 Å². The van der Waals surface area contributed by atoms with Gasteiger partial charge in [-0.25, -0.2) is 15.0 Å². The Balaban J connectivity index is 1.27. The molecule has 5 N–H and O–H groups in total. The molecule has 0 saturated carbocycles. The van der Waals surface area contributed by atoms with E-state index in [1.54, 1.807) is 24.5 Å². The third-order valence-corrected chi connectivity index (χ3v) is 7.43. The molecule has 218 valence electrons. The molecule has 1 saturated heterocycles. The molecule has 13 heteroatoms. The van der Waals surface area contributed by atoms with E-state index < -0.39 is 0 Å². The summed E-state index contributed by atoms with van der Waals surface area (Å²) in [5.74, 6) is 1.03. The summed E-state index contributed by atoms with van der Waals surface area (Å²) in [5, 5.41) is 7.68. The Bertz CT molecular complexity index is 1650. The highest BCUT2D eigenvalue weighted by Gasteiger charge is 2.26. The molecule has 0 spiro atoms. The molecule has 0 bridgehead atoms. The number of aromatic nitrogens is 5. The summed E-state index contributed by atoms with van der Waals surface area (Å²) < 4.78 is 6.04. The minimum Gasteiger partial charge on any atom is -0.473 e. The fourth-order valence-electron chi connectivity index (χ4n) is 4.75. The lowest BCUT2D eigenvalue weighted by Crippen LogP contribution is -2.33. The number of H-pyrrole nitrogens is 1. The minimum absolute atomic E-state index is 0.0270. The summed E-state index contributed by atoms with van der Waals surface area (Å²) in [6, 6.07) is 7.55. The summed E-state index contributed by atoms with van der Waals surface area (Å²) in [6.45, 7) is 5.52. The zero-order valence-electron chi connectivity index (χ0n) is 24.0. The molecule has 1 amide bonds. The Kier molecular flexibility index (Phi) is 8.98. The Hall–Kier alpha value is -4.49. The van der Waals surface area contributed by atoms with Crippen molar-refractivity contribution in [1.29, 1.82) is 0 Å². The van der Waals surface area contributed by atoms with Crippen LogP contribution in [0.2, 0.25) is 0 Å².